The Kier molecular flexibility index (Phi) is 4.84. The molecule has 16 heavy (non-hydrogen) atoms. The molecule has 0 radical (unpaired) electrons. The second kappa shape index (κ2) is 6.16. The lowest BCUT2D eigenvalue weighted by Crippen LogP contribution is -2.41. The number of aromatic nitrogens is 1. The summed E-state index contributed by atoms with van der Waals surface area (Å²) in [5.41, 5.74) is 0.0791. The third kappa shape index (κ3) is 3.58. The van der Waals surface area contributed by atoms with Crippen molar-refractivity contribution in [3.05, 3.63) is 18.0 Å². The first-order valence-corrected chi connectivity index (χ1v) is 5.97. The molecule has 2 N–H and O–H groups in total. The van der Waals surface area contributed by atoms with Gasteiger partial charge in [-0.3, -0.25) is 4.79 Å². The number of hydrogen-bond donors (Lipinski definition) is 2. The van der Waals surface area contributed by atoms with Crippen LogP contribution in [0.1, 0.15) is 16.9 Å². The Hall–Kier alpha value is -1.50. The lowest BCUT2D eigenvalue weighted by atomic mass is 10.2. The molecular formula is C9H12N2O4S. The number of nitrogens with zero attached hydrogens (tertiary/aromatic N) is 1. The number of amides is 1. The van der Waals surface area contributed by atoms with Gasteiger partial charge in [-0.15, -0.1) is 0 Å². The Labute approximate surface area is 96.4 Å². The number of rotatable bonds is 6. The van der Waals surface area contributed by atoms with Gasteiger partial charge in [-0.25, -0.2) is 4.79 Å². The molecule has 0 fully saturated rings. The van der Waals surface area contributed by atoms with E-state index in [2.05, 4.69) is 15.0 Å². The minimum absolute atomic E-state index is 0.0791. The molecule has 1 rings (SSSR count). The van der Waals surface area contributed by atoms with Crippen molar-refractivity contribution in [3.8, 4) is 0 Å². The van der Waals surface area contributed by atoms with Gasteiger partial charge in [0.2, 0.25) is 0 Å². The lowest BCUT2D eigenvalue weighted by Gasteiger charge is -2.12. The van der Waals surface area contributed by atoms with Crippen LogP contribution in [0, 0.1) is 0 Å². The van der Waals surface area contributed by atoms with E-state index in [0.29, 0.717) is 12.2 Å². The zero-order valence-electron chi connectivity index (χ0n) is 8.67. The summed E-state index contributed by atoms with van der Waals surface area (Å²) >= 11 is 1.52. The number of carbonyl (C=O) groups is 2. The minimum Gasteiger partial charge on any atom is -0.480 e. The zero-order chi connectivity index (χ0) is 12.0. The topological polar surface area (TPSA) is 92.4 Å². The van der Waals surface area contributed by atoms with Crippen LogP contribution in [0.2, 0.25) is 0 Å². The number of aliphatic carboxylic acids is 1. The predicted octanol–water partition coefficient (Wildman–Crippen LogP) is 0.611. The van der Waals surface area contributed by atoms with Gasteiger partial charge in [0.1, 0.15) is 12.3 Å². The van der Waals surface area contributed by atoms with E-state index in [0.717, 1.165) is 0 Å². The summed E-state index contributed by atoms with van der Waals surface area (Å²) in [5.74, 6) is -0.927. The fourth-order valence-corrected chi connectivity index (χ4v) is 1.53. The summed E-state index contributed by atoms with van der Waals surface area (Å²) in [6.07, 6.45) is 3.50. The number of carboxylic acids is 1. The maximum atomic E-state index is 11.5. The third-order valence-electron chi connectivity index (χ3n) is 1.88. The van der Waals surface area contributed by atoms with Crippen LogP contribution in [-0.4, -0.2) is 40.2 Å². The maximum absolute atomic E-state index is 11.5. The standard InChI is InChI=1S/C9H12N2O4S/c1-16-5-3-7(9(13)14)10-8(12)6-2-4-15-11-6/h2,4,7H,3,5H2,1H3,(H,10,12)(H,13,14)/t7-/m1/s1. The molecule has 1 aromatic rings. The van der Waals surface area contributed by atoms with E-state index >= 15 is 0 Å². The second-order valence-corrected chi connectivity index (χ2v) is 4.02. The first-order valence-electron chi connectivity index (χ1n) is 4.58. The van der Waals surface area contributed by atoms with E-state index < -0.39 is 17.9 Å². The largest absolute Gasteiger partial charge is 0.480 e. The van der Waals surface area contributed by atoms with Gasteiger partial charge in [0.25, 0.3) is 5.91 Å². The molecule has 1 aromatic heterocycles. The van der Waals surface area contributed by atoms with Gasteiger partial charge in [-0.1, -0.05) is 5.16 Å². The van der Waals surface area contributed by atoms with Crippen molar-refractivity contribution in [3.63, 3.8) is 0 Å². The zero-order valence-corrected chi connectivity index (χ0v) is 9.49. The Morgan fingerprint density at radius 3 is 2.94 bits per heavy atom. The van der Waals surface area contributed by atoms with Crippen molar-refractivity contribution in [1.29, 1.82) is 0 Å². The highest BCUT2D eigenvalue weighted by molar-refractivity contribution is 7.98. The van der Waals surface area contributed by atoms with E-state index in [4.69, 9.17) is 5.11 Å². The number of thioether (sulfide) groups is 1. The van der Waals surface area contributed by atoms with Crippen molar-refractivity contribution < 1.29 is 19.2 Å². The molecule has 0 aliphatic carbocycles. The van der Waals surface area contributed by atoms with Gasteiger partial charge in [0.05, 0.1) is 0 Å². The molecule has 0 bridgehead atoms. The molecule has 0 aromatic carbocycles. The van der Waals surface area contributed by atoms with Crippen molar-refractivity contribution >= 4 is 23.6 Å². The molecule has 0 aliphatic heterocycles. The molecular weight excluding hydrogens is 232 g/mol. The summed E-state index contributed by atoms with van der Waals surface area (Å²) in [4.78, 5) is 22.3. The van der Waals surface area contributed by atoms with Gasteiger partial charge < -0.3 is 14.9 Å². The van der Waals surface area contributed by atoms with Crippen LogP contribution in [-0.2, 0) is 4.79 Å². The van der Waals surface area contributed by atoms with Gasteiger partial charge in [-0.05, 0) is 18.4 Å². The summed E-state index contributed by atoms with van der Waals surface area (Å²) in [5, 5.41) is 14.7. The molecule has 7 heteroatoms. The first kappa shape index (κ1) is 12.6. The van der Waals surface area contributed by atoms with Crippen LogP contribution in [0.5, 0.6) is 0 Å². The monoisotopic (exact) mass is 244 g/mol. The Balaban J connectivity index is 2.54. The lowest BCUT2D eigenvalue weighted by molar-refractivity contribution is -0.139. The van der Waals surface area contributed by atoms with Crippen molar-refractivity contribution in [2.75, 3.05) is 12.0 Å². The number of carboxylic acid groups (broad SMARTS) is 1. The number of carbonyl (C=O) groups excluding carboxylic acids is 1. The third-order valence-corrected chi connectivity index (χ3v) is 2.53. The van der Waals surface area contributed by atoms with E-state index in [-0.39, 0.29) is 5.69 Å². The number of nitrogens with one attached hydrogen (secondary N) is 1. The second-order valence-electron chi connectivity index (χ2n) is 3.03. The van der Waals surface area contributed by atoms with Gasteiger partial charge in [0.15, 0.2) is 5.69 Å². The molecule has 6 nitrogen and oxygen atoms in total. The Morgan fingerprint density at radius 1 is 1.69 bits per heavy atom. The average Bonchev–Trinajstić information content (AvgIpc) is 2.76. The molecule has 0 saturated carbocycles. The minimum atomic E-state index is -1.05. The van der Waals surface area contributed by atoms with Crippen LogP contribution in [0.4, 0.5) is 0 Å². The highest BCUT2D eigenvalue weighted by Crippen LogP contribution is 2.02. The summed E-state index contributed by atoms with van der Waals surface area (Å²) < 4.78 is 4.50. The summed E-state index contributed by atoms with van der Waals surface area (Å²) in [7, 11) is 0. The predicted molar refractivity (Wildman–Crippen MR) is 58.4 cm³/mol. The molecule has 1 atom stereocenters. The van der Waals surface area contributed by atoms with Crippen molar-refractivity contribution in [2.24, 2.45) is 0 Å². The van der Waals surface area contributed by atoms with E-state index in [1.807, 2.05) is 6.26 Å². The highest BCUT2D eigenvalue weighted by atomic mass is 32.2. The quantitative estimate of drug-likeness (QED) is 0.761. The number of hydrogen-bond acceptors (Lipinski definition) is 5. The van der Waals surface area contributed by atoms with Crippen LogP contribution in [0.3, 0.4) is 0 Å². The molecule has 1 heterocycles. The fraction of sp³-hybridized carbons (Fsp3) is 0.444. The molecule has 0 aliphatic rings. The van der Waals surface area contributed by atoms with Gasteiger partial charge >= 0.3 is 5.97 Å². The normalized spacial score (nSPS) is 12.1. The van der Waals surface area contributed by atoms with Crippen LogP contribution >= 0.6 is 11.8 Å². The van der Waals surface area contributed by atoms with E-state index in [1.165, 1.54) is 24.1 Å². The first-order chi connectivity index (χ1) is 7.65. The SMILES string of the molecule is CSCC[C@@H](NC(=O)c1ccon1)C(=O)O. The van der Waals surface area contributed by atoms with Crippen LogP contribution < -0.4 is 5.32 Å². The fourth-order valence-electron chi connectivity index (χ4n) is 1.05. The van der Waals surface area contributed by atoms with E-state index in [9.17, 15) is 9.59 Å². The summed E-state index contributed by atoms with van der Waals surface area (Å²) in [6, 6.07) is 0.486. The maximum Gasteiger partial charge on any atom is 0.326 e. The van der Waals surface area contributed by atoms with Crippen molar-refractivity contribution in [2.45, 2.75) is 12.5 Å². The Morgan fingerprint density at radius 2 is 2.44 bits per heavy atom. The molecule has 88 valence electrons. The molecule has 0 unspecified atom stereocenters. The van der Waals surface area contributed by atoms with E-state index in [1.54, 1.807) is 0 Å². The highest BCUT2D eigenvalue weighted by Gasteiger charge is 2.21. The molecule has 0 spiro atoms. The summed E-state index contributed by atoms with van der Waals surface area (Å²) in [6.45, 7) is 0. The smallest absolute Gasteiger partial charge is 0.326 e. The average molecular weight is 244 g/mol. The Bertz CT molecular complexity index is 352. The van der Waals surface area contributed by atoms with Gasteiger partial charge in [0, 0.05) is 6.07 Å². The van der Waals surface area contributed by atoms with Crippen LogP contribution in [0.15, 0.2) is 16.9 Å². The van der Waals surface area contributed by atoms with Crippen LogP contribution in [0.25, 0.3) is 0 Å². The van der Waals surface area contributed by atoms with Gasteiger partial charge in [-0.2, -0.15) is 11.8 Å². The molecule has 0 saturated heterocycles. The molecule has 1 amide bonds. The van der Waals surface area contributed by atoms with Crippen molar-refractivity contribution in [1.82, 2.24) is 10.5 Å².